The quantitative estimate of drug-likeness (QED) is 0.708. The van der Waals surface area contributed by atoms with Gasteiger partial charge in [-0.1, -0.05) is 12.1 Å². The molecule has 0 bridgehead atoms. The molecule has 76 valence electrons. The lowest BCUT2D eigenvalue weighted by Gasteiger charge is -2.04. The smallest absolute Gasteiger partial charge is 0.195 e. The summed E-state index contributed by atoms with van der Waals surface area (Å²) >= 11 is 0. The SMILES string of the molecule is Cc1c(C2CC2)oc2ccccc2c1=O. The molecule has 2 heteroatoms. The van der Waals surface area contributed by atoms with E-state index in [1.165, 1.54) is 0 Å². The zero-order chi connectivity index (χ0) is 10.4. The highest BCUT2D eigenvalue weighted by Gasteiger charge is 2.29. The van der Waals surface area contributed by atoms with E-state index in [9.17, 15) is 4.79 Å². The summed E-state index contributed by atoms with van der Waals surface area (Å²) in [5.41, 5.74) is 1.63. The molecule has 0 radical (unpaired) electrons. The van der Waals surface area contributed by atoms with Gasteiger partial charge in [-0.25, -0.2) is 0 Å². The predicted molar refractivity (Wildman–Crippen MR) is 59.2 cm³/mol. The van der Waals surface area contributed by atoms with E-state index in [-0.39, 0.29) is 5.43 Å². The fraction of sp³-hybridized carbons (Fsp3) is 0.308. The molecule has 0 spiro atoms. The molecule has 2 aromatic rings. The van der Waals surface area contributed by atoms with Gasteiger partial charge in [-0.05, 0) is 31.9 Å². The van der Waals surface area contributed by atoms with Crippen molar-refractivity contribution in [1.29, 1.82) is 0 Å². The van der Waals surface area contributed by atoms with Crippen LogP contribution in [-0.2, 0) is 0 Å². The third-order valence-electron chi connectivity index (χ3n) is 3.01. The van der Waals surface area contributed by atoms with Crippen molar-refractivity contribution < 1.29 is 4.42 Å². The van der Waals surface area contributed by atoms with Gasteiger partial charge in [0.05, 0.1) is 5.39 Å². The minimum atomic E-state index is 0.124. The van der Waals surface area contributed by atoms with E-state index >= 15 is 0 Å². The van der Waals surface area contributed by atoms with Crippen LogP contribution >= 0.6 is 0 Å². The summed E-state index contributed by atoms with van der Waals surface area (Å²) < 4.78 is 5.80. The number of hydrogen-bond donors (Lipinski definition) is 0. The topological polar surface area (TPSA) is 30.2 Å². The van der Waals surface area contributed by atoms with Gasteiger partial charge in [0.15, 0.2) is 5.43 Å². The van der Waals surface area contributed by atoms with Gasteiger partial charge in [-0.3, -0.25) is 4.79 Å². The lowest BCUT2D eigenvalue weighted by molar-refractivity contribution is 0.533. The maximum atomic E-state index is 12.0. The summed E-state index contributed by atoms with van der Waals surface area (Å²) in [6.07, 6.45) is 2.31. The Hall–Kier alpha value is -1.57. The van der Waals surface area contributed by atoms with Crippen LogP contribution < -0.4 is 5.43 Å². The van der Waals surface area contributed by atoms with Crippen molar-refractivity contribution >= 4 is 11.0 Å². The molecule has 0 saturated heterocycles. The van der Waals surface area contributed by atoms with Crippen LogP contribution in [0, 0.1) is 6.92 Å². The number of benzene rings is 1. The van der Waals surface area contributed by atoms with E-state index in [1.807, 2.05) is 31.2 Å². The van der Waals surface area contributed by atoms with Gasteiger partial charge >= 0.3 is 0 Å². The summed E-state index contributed by atoms with van der Waals surface area (Å²) in [5.74, 6) is 1.39. The van der Waals surface area contributed by atoms with Crippen LogP contribution in [0.25, 0.3) is 11.0 Å². The van der Waals surface area contributed by atoms with Crippen LogP contribution in [0.15, 0.2) is 33.5 Å². The number of fused-ring (bicyclic) bond motifs is 1. The van der Waals surface area contributed by atoms with Crippen molar-refractivity contribution in [3.63, 3.8) is 0 Å². The Morgan fingerprint density at radius 1 is 1.27 bits per heavy atom. The monoisotopic (exact) mass is 200 g/mol. The van der Waals surface area contributed by atoms with Crippen LogP contribution in [0.4, 0.5) is 0 Å². The molecule has 2 nitrogen and oxygen atoms in total. The highest BCUT2D eigenvalue weighted by atomic mass is 16.3. The lowest BCUT2D eigenvalue weighted by atomic mass is 10.1. The first-order valence-electron chi connectivity index (χ1n) is 5.29. The highest BCUT2D eigenvalue weighted by molar-refractivity contribution is 5.77. The Balaban J connectivity index is 2.40. The van der Waals surface area contributed by atoms with Gasteiger partial charge in [0.2, 0.25) is 0 Å². The summed E-state index contributed by atoms with van der Waals surface area (Å²) in [4.78, 5) is 12.0. The minimum Gasteiger partial charge on any atom is -0.460 e. The zero-order valence-electron chi connectivity index (χ0n) is 8.62. The average molecular weight is 200 g/mol. The predicted octanol–water partition coefficient (Wildman–Crippen LogP) is 2.98. The Labute approximate surface area is 87.5 Å². The van der Waals surface area contributed by atoms with Gasteiger partial charge in [0.25, 0.3) is 0 Å². The van der Waals surface area contributed by atoms with Crippen molar-refractivity contribution in [2.75, 3.05) is 0 Å². The molecule has 1 aliphatic carbocycles. The fourth-order valence-corrected chi connectivity index (χ4v) is 1.99. The molecule has 0 amide bonds. The molecule has 1 aromatic carbocycles. The first kappa shape index (κ1) is 8.72. The summed E-state index contributed by atoms with van der Waals surface area (Å²) in [6, 6.07) is 7.46. The number of para-hydroxylation sites is 1. The van der Waals surface area contributed by atoms with Crippen molar-refractivity contribution in [2.45, 2.75) is 25.7 Å². The molecular weight excluding hydrogens is 188 g/mol. The normalized spacial score (nSPS) is 15.8. The second kappa shape index (κ2) is 2.96. The van der Waals surface area contributed by atoms with Crippen LogP contribution in [-0.4, -0.2) is 0 Å². The van der Waals surface area contributed by atoms with E-state index < -0.39 is 0 Å². The van der Waals surface area contributed by atoms with Crippen molar-refractivity contribution in [3.05, 3.63) is 45.8 Å². The summed E-state index contributed by atoms with van der Waals surface area (Å²) in [6.45, 7) is 1.87. The van der Waals surface area contributed by atoms with E-state index in [4.69, 9.17) is 4.42 Å². The Bertz CT molecular complexity index is 577. The van der Waals surface area contributed by atoms with Crippen molar-refractivity contribution in [3.8, 4) is 0 Å². The highest BCUT2D eigenvalue weighted by Crippen LogP contribution is 2.41. The molecule has 15 heavy (non-hydrogen) atoms. The maximum absolute atomic E-state index is 12.0. The van der Waals surface area contributed by atoms with Crippen molar-refractivity contribution in [2.24, 2.45) is 0 Å². The maximum Gasteiger partial charge on any atom is 0.195 e. The van der Waals surface area contributed by atoms with Gasteiger partial charge in [-0.15, -0.1) is 0 Å². The first-order valence-corrected chi connectivity index (χ1v) is 5.29. The number of rotatable bonds is 1. The second-order valence-electron chi connectivity index (χ2n) is 4.19. The van der Waals surface area contributed by atoms with Crippen LogP contribution in [0.1, 0.15) is 30.1 Å². The van der Waals surface area contributed by atoms with Crippen LogP contribution in [0.5, 0.6) is 0 Å². The zero-order valence-corrected chi connectivity index (χ0v) is 8.62. The summed E-state index contributed by atoms with van der Waals surface area (Å²) in [5, 5.41) is 0.694. The fourth-order valence-electron chi connectivity index (χ4n) is 1.99. The van der Waals surface area contributed by atoms with Gasteiger partial charge in [-0.2, -0.15) is 0 Å². The van der Waals surface area contributed by atoms with Gasteiger partial charge < -0.3 is 4.42 Å². The first-order chi connectivity index (χ1) is 7.27. The molecule has 1 fully saturated rings. The molecule has 0 atom stereocenters. The molecule has 1 heterocycles. The van der Waals surface area contributed by atoms with Gasteiger partial charge in [0, 0.05) is 11.5 Å². The Morgan fingerprint density at radius 3 is 2.73 bits per heavy atom. The summed E-state index contributed by atoms with van der Waals surface area (Å²) in [7, 11) is 0. The molecule has 1 saturated carbocycles. The van der Waals surface area contributed by atoms with E-state index in [2.05, 4.69) is 0 Å². The molecule has 1 aliphatic rings. The molecule has 0 unspecified atom stereocenters. The van der Waals surface area contributed by atoms with E-state index in [0.717, 1.165) is 29.7 Å². The Kier molecular flexibility index (Phi) is 1.72. The van der Waals surface area contributed by atoms with E-state index in [1.54, 1.807) is 0 Å². The third-order valence-corrected chi connectivity index (χ3v) is 3.01. The van der Waals surface area contributed by atoms with Crippen LogP contribution in [0.2, 0.25) is 0 Å². The van der Waals surface area contributed by atoms with Crippen LogP contribution in [0.3, 0.4) is 0 Å². The van der Waals surface area contributed by atoms with Gasteiger partial charge in [0.1, 0.15) is 11.3 Å². The molecule has 1 aromatic heterocycles. The lowest BCUT2D eigenvalue weighted by Crippen LogP contribution is -2.08. The largest absolute Gasteiger partial charge is 0.460 e. The average Bonchev–Trinajstić information content (AvgIpc) is 3.07. The van der Waals surface area contributed by atoms with Crippen molar-refractivity contribution in [1.82, 2.24) is 0 Å². The number of hydrogen-bond acceptors (Lipinski definition) is 2. The molecule has 0 N–H and O–H groups in total. The molecule has 3 rings (SSSR count). The molecule has 0 aliphatic heterocycles. The minimum absolute atomic E-state index is 0.124. The standard InChI is InChI=1S/C13H12O2/c1-8-12(14)10-4-2-3-5-11(10)15-13(8)9-6-7-9/h2-5,9H,6-7H2,1H3. The van der Waals surface area contributed by atoms with E-state index in [0.29, 0.717) is 11.3 Å². The molecular formula is C13H12O2. The Morgan fingerprint density at radius 2 is 2.00 bits per heavy atom. The second-order valence-corrected chi connectivity index (χ2v) is 4.19. The third kappa shape index (κ3) is 1.29.